The number of benzene rings is 1. The summed E-state index contributed by atoms with van der Waals surface area (Å²) < 4.78 is 24.9. The Kier molecular flexibility index (Phi) is 4.53. The number of Topliss-reactive ketones (excluding diaryl/α,β-unsaturated/α-hetero) is 1. The van der Waals surface area contributed by atoms with Crippen LogP contribution in [0.4, 0.5) is 5.69 Å². The zero-order valence-electron chi connectivity index (χ0n) is 12.7. The lowest BCUT2D eigenvalue weighted by molar-refractivity contribution is -0.113. The third-order valence-corrected chi connectivity index (χ3v) is 5.22. The van der Waals surface area contributed by atoms with E-state index in [9.17, 15) is 13.2 Å². The summed E-state index contributed by atoms with van der Waals surface area (Å²) in [7, 11) is -3.28. The summed E-state index contributed by atoms with van der Waals surface area (Å²) in [5, 5.41) is 2.91. The fourth-order valence-corrected chi connectivity index (χ4v) is 4.03. The molecule has 124 valence electrons. The van der Waals surface area contributed by atoms with Crippen molar-refractivity contribution in [2.45, 2.75) is 6.42 Å². The quantitative estimate of drug-likeness (QED) is 0.632. The van der Waals surface area contributed by atoms with Gasteiger partial charge in [0.2, 0.25) is 10.0 Å². The molecule has 8 heteroatoms. The lowest BCUT2D eigenvalue weighted by atomic mass is 10.2. The summed E-state index contributed by atoms with van der Waals surface area (Å²) in [6, 6.07) is 11.0. The molecule has 0 radical (unpaired) electrons. The van der Waals surface area contributed by atoms with E-state index in [0.29, 0.717) is 16.4 Å². The second kappa shape index (κ2) is 6.46. The molecule has 5 nitrogen and oxygen atoms in total. The van der Waals surface area contributed by atoms with Crippen molar-refractivity contribution in [3.8, 4) is 10.4 Å². The molecule has 0 aliphatic carbocycles. The van der Waals surface area contributed by atoms with Crippen LogP contribution in [0.25, 0.3) is 16.5 Å². The Morgan fingerprint density at radius 3 is 2.50 bits per heavy atom. The number of carbonyl (C=O) groups excluding carboxylic acids is 1. The van der Waals surface area contributed by atoms with Crippen molar-refractivity contribution < 1.29 is 13.2 Å². The number of hydrogen-bond acceptors (Lipinski definition) is 5. The van der Waals surface area contributed by atoms with Crippen LogP contribution in [0.5, 0.6) is 0 Å². The second-order valence-corrected chi connectivity index (χ2v) is 8.72. The normalized spacial score (nSPS) is 16.5. The van der Waals surface area contributed by atoms with E-state index in [1.807, 2.05) is 24.3 Å². The molecule has 2 heterocycles. The van der Waals surface area contributed by atoms with E-state index in [1.165, 1.54) is 0 Å². The lowest BCUT2D eigenvalue weighted by Crippen LogP contribution is -2.10. The van der Waals surface area contributed by atoms with Crippen LogP contribution in [0.2, 0.25) is 0 Å². The number of hydrogen-bond donors (Lipinski definition) is 2. The minimum Gasteiger partial charge on any atom is -0.347 e. The van der Waals surface area contributed by atoms with Crippen molar-refractivity contribution in [1.82, 2.24) is 5.32 Å². The highest BCUT2D eigenvalue weighted by Gasteiger charge is 2.21. The van der Waals surface area contributed by atoms with Gasteiger partial charge in [0.1, 0.15) is 0 Å². The van der Waals surface area contributed by atoms with Gasteiger partial charge >= 0.3 is 0 Å². The highest BCUT2D eigenvalue weighted by molar-refractivity contribution is 7.92. The largest absolute Gasteiger partial charge is 0.347 e. The molecular formula is C16H14N2O3S3. The van der Waals surface area contributed by atoms with Gasteiger partial charge in [-0.05, 0) is 35.9 Å². The zero-order chi connectivity index (χ0) is 17.3. The smallest absolute Gasteiger partial charge is 0.229 e. The summed E-state index contributed by atoms with van der Waals surface area (Å²) in [5.41, 5.74) is 2.03. The van der Waals surface area contributed by atoms with Gasteiger partial charge in [-0.2, -0.15) is 0 Å². The van der Waals surface area contributed by atoms with E-state index >= 15 is 0 Å². The molecule has 0 amide bonds. The van der Waals surface area contributed by atoms with Crippen LogP contribution in [-0.4, -0.2) is 25.4 Å². The summed E-state index contributed by atoms with van der Waals surface area (Å²) >= 11 is 6.55. The van der Waals surface area contributed by atoms with Gasteiger partial charge in [-0.1, -0.05) is 24.4 Å². The summed E-state index contributed by atoms with van der Waals surface area (Å²) in [6.07, 6.45) is 3.19. The molecule has 0 unspecified atom stereocenters. The van der Waals surface area contributed by atoms with Crippen LogP contribution in [0.3, 0.4) is 0 Å². The van der Waals surface area contributed by atoms with Gasteiger partial charge < -0.3 is 5.32 Å². The van der Waals surface area contributed by atoms with E-state index in [4.69, 9.17) is 12.2 Å². The zero-order valence-corrected chi connectivity index (χ0v) is 15.1. The summed E-state index contributed by atoms with van der Waals surface area (Å²) in [4.78, 5) is 14.3. The number of rotatable bonds is 4. The molecule has 1 aliphatic heterocycles. The number of sulfonamides is 1. The first-order valence-corrected chi connectivity index (χ1v) is 10.1. The molecule has 1 aromatic heterocycles. The number of nitrogens with one attached hydrogen (secondary N) is 2. The molecule has 0 bridgehead atoms. The Balaban J connectivity index is 1.80. The number of thiophene rings is 1. The number of allylic oxidation sites excluding steroid dienone is 1. The average molecular weight is 379 g/mol. The standard InChI is InChI=1S/C16H14N2O3S3/c1-24(20,21)18-11-4-2-10(3-5-11)15-7-6-12(23-15)8-13-14(19)9-16(22)17-13/h2-8,18H,9H2,1H3,(H,17,22)/b13-8+. The maximum Gasteiger partial charge on any atom is 0.229 e. The monoisotopic (exact) mass is 378 g/mol. The van der Waals surface area contributed by atoms with Gasteiger partial charge in [0, 0.05) is 15.4 Å². The molecule has 1 fully saturated rings. The Bertz CT molecular complexity index is 941. The topological polar surface area (TPSA) is 75.3 Å². The Morgan fingerprint density at radius 1 is 1.21 bits per heavy atom. The van der Waals surface area contributed by atoms with E-state index < -0.39 is 10.0 Å². The first kappa shape index (κ1) is 16.8. The highest BCUT2D eigenvalue weighted by Crippen LogP contribution is 2.30. The van der Waals surface area contributed by atoms with Crippen LogP contribution in [0.1, 0.15) is 11.3 Å². The van der Waals surface area contributed by atoms with Gasteiger partial charge in [0.05, 0.1) is 23.4 Å². The van der Waals surface area contributed by atoms with Crippen molar-refractivity contribution in [3.63, 3.8) is 0 Å². The molecule has 1 aromatic carbocycles. The van der Waals surface area contributed by atoms with Crippen molar-refractivity contribution in [3.05, 3.63) is 47.0 Å². The van der Waals surface area contributed by atoms with Crippen molar-refractivity contribution in [2.75, 3.05) is 11.0 Å². The van der Waals surface area contributed by atoms with Gasteiger partial charge in [0.25, 0.3) is 0 Å². The number of carbonyl (C=O) groups is 1. The van der Waals surface area contributed by atoms with Crippen molar-refractivity contribution in [1.29, 1.82) is 0 Å². The molecule has 24 heavy (non-hydrogen) atoms. The minimum absolute atomic E-state index is 0.00570. The fraction of sp³-hybridized carbons (Fsp3) is 0.125. The van der Waals surface area contributed by atoms with E-state index in [-0.39, 0.29) is 12.2 Å². The van der Waals surface area contributed by atoms with Crippen molar-refractivity contribution in [2.24, 2.45) is 0 Å². The molecule has 2 N–H and O–H groups in total. The predicted molar refractivity (Wildman–Crippen MR) is 102 cm³/mol. The van der Waals surface area contributed by atoms with Gasteiger partial charge in [0.15, 0.2) is 5.78 Å². The lowest BCUT2D eigenvalue weighted by Gasteiger charge is -2.04. The van der Waals surface area contributed by atoms with Crippen LogP contribution < -0.4 is 10.0 Å². The molecule has 3 rings (SSSR count). The predicted octanol–water partition coefficient (Wildman–Crippen LogP) is 3.02. The summed E-state index contributed by atoms with van der Waals surface area (Å²) in [6.45, 7) is 0. The minimum atomic E-state index is -3.28. The van der Waals surface area contributed by atoms with Crippen LogP contribution in [-0.2, 0) is 14.8 Å². The molecule has 1 aliphatic rings. The summed E-state index contributed by atoms with van der Waals surface area (Å²) in [5.74, 6) is 0.00570. The first-order valence-electron chi connectivity index (χ1n) is 7.03. The van der Waals surface area contributed by atoms with Crippen molar-refractivity contribution >= 4 is 56.1 Å². The van der Waals surface area contributed by atoms with E-state index in [0.717, 1.165) is 21.6 Å². The number of thiocarbonyl (C=S) groups is 1. The highest BCUT2D eigenvalue weighted by atomic mass is 32.2. The maximum atomic E-state index is 11.7. The fourth-order valence-electron chi connectivity index (χ4n) is 2.27. The Labute approximate surface area is 149 Å². The average Bonchev–Trinajstić information content (AvgIpc) is 3.06. The molecule has 0 atom stereocenters. The number of anilines is 1. The molecule has 0 saturated carbocycles. The van der Waals surface area contributed by atoms with E-state index in [2.05, 4.69) is 10.0 Å². The van der Waals surface area contributed by atoms with Gasteiger partial charge in [-0.15, -0.1) is 11.3 Å². The van der Waals surface area contributed by atoms with Crippen LogP contribution in [0.15, 0.2) is 42.1 Å². The van der Waals surface area contributed by atoms with Crippen LogP contribution >= 0.6 is 23.6 Å². The van der Waals surface area contributed by atoms with Gasteiger partial charge in [-0.25, -0.2) is 8.42 Å². The Morgan fingerprint density at radius 2 is 1.92 bits per heavy atom. The molecular weight excluding hydrogens is 364 g/mol. The van der Waals surface area contributed by atoms with E-state index in [1.54, 1.807) is 29.5 Å². The molecule has 0 spiro atoms. The number of ketones is 1. The molecule has 2 aromatic rings. The third kappa shape index (κ3) is 4.08. The van der Waals surface area contributed by atoms with Gasteiger partial charge in [-0.3, -0.25) is 9.52 Å². The third-order valence-electron chi connectivity index (χ3n) is 3.28. The van der Waals surface area contributed by atoms with Crippen LogP contribution in [0, 0.1) is 0 Å². The first-order chi connectivity index (χ1) is 11.3. The maximum absolute atomic E-state index is 11.7. The second-order valence-electron chi connectivity index (χ2n) is 5.36. The molecule has 1 saturated heterocycles. The Hall–Kier alpha value is -2.03. The SMILES string of the molecule is CS(=O)(=O)Nc1ccc(-c2ccc(/C=C3/NC(=S)CC3=O)s2)cc1.